The summed E-state index contributed by atoms with van der Waals surface area (Å²) in [6.07, 6.45) is 1.14. The molecular formula is C14H14F3N3. The molecule has 0 amide bonds. The van der Waals surface area contributed by atoms with Gasteiger partial charge in [-0.15, -0.1) is 0 Å². The maximum Gasteiger partial charge on any atom is 0.416 e. The fraction of sp³-hybridized carbons (Fsp3) is 0.357. The molecule has 1 heterocycles. The number of halogens is 3. The van der Waals surface area contributed by atoms with E-state index in [2.05, 4.69) is 10.3 Å². The van der Waals surface area contributed by atoms with E-state index in [1.54, 1.807) is 23.0 Å². The molecule has 3 nitrogen and oxygen atoms in total. The van der Waals surface area contributed by atoms with Crippen molar-refractivity contribution in [3.8, 4) is 0 Å². The number of benzene rings is 1. The number of imidazole rings is 1. The first-order chi connectivity index (χ1) is 9.54. The van der Waals surface area contributed by atoms with Gasteiger partial charge in [0.2, 0.25) is 5.95 Å². The maximum absolute atomic E-state index is 13.0. The zero-order chi connectivity index (χ0) is 14.2. The zero-order valence-corrected chi connectivity index (χ0v) is 10.7. The number of alkyl halides is 3. The minimum Gasteiger partial charge on any atom is -0.353 e. The zero-order valence-electron chi connectivity index (χ0n) is 10.7. The van der Waals surface area contributed by atoms with E-state index >= 15 is 0 Å². The molecule has 1 fully saturated rings. The first-order valence-corrected chi connectivity index (χ1v) is 6.47. The van der Waals surface area contributed by atoms with Crippen LogP contribution >= 0.6 is 0 Å². The molecule has 1 N–H and O–H groups in total. The van der Waals surface area contributed by atoms with E-state index in [4.69, 9.17) is 0 Å². The number of aromatic nitrogens is 2. The van der Waals surface area contributed by atoms with E-state index in [0.29, 0.717) is 12.0 Å². The Morgan fingerprint density at radius 1 is 1.25 bits per heavy atom. The summed E-state index contributed by atoms with van der Waals surface area (Å²) in [5.74, 6) is 0.629. The van der Waals surface area contributed by atoms with Gasteiger partial charge in [0.05, 0.1) is 12.1 Å². The van der Waals surface area contributed by atoms with Gasteiger partial charge < -0.3 is 9.88 Å². The lowest BCUT2D eigenvalue weighted by atomic mass is 10.1. The molecule has 0 aliphatic heterocycles. The Kier molecular flexibility index (Phi) is 3.16. The lowest BCUT2D eigenvalue weighted by Crippen LogP contribution is -2.14. The molecule has 0 radical (unpaired) electrons. The van der Waals surface area contributed by atoms with Crippen molar-refractivity contribution in [1.82, 2.24) is 9.55 Å². The normalized spacial score (nSPS) is 15.3. The highest BCUT2D eigenvalue weighted by atomic mass is 19.4. The average Bonchev–Trinajstić information content (AvgIpc) is 3.10. The Hall–Kier alpha value is -1.98. The molecule has 2 aromatic rings. The smallest absolute Gasteiger partial charge is 0.353 e. The summed E-state index contributed by atoms with van der Waals surface area (Å²) in [4.78, 5) is 4.15. The van der Waals surface area contributed by atoms with Gasteiger partial charge in [0.1, 0.15) is 0 Å². The van der Waals surface area contributed by atoms with Gasteiger partial charge in [-0.2, -0.15) is 13.2 Å². The fourth-order valence-electron chi connectivity index (χ4n) is 2.11. The van der Waals surface area contributed by atoms with Gasteiger partial charge in [0, 0.05) is 18.4 Å². The lowest BCUT2D eigenvalue weighted by molar-refractivity contribution is -0.138. The predicted molar refractivity (Wildman–Crippen MR) is 69.4 cm³/mol. The number of rotatable bonds is 4. The topological polar surface area (TPSA) is 29.9 Å². The van der Waals surface area contributed by atoms with Crippen molar-refractivity contribution in [2.75, 3.05) is 5.32 Å². The second-order valence-electron chi connectivity index (χ2n) is 4.95. The second-order valence-corrected chi connectivity index (χ2v) is 4.95. The highest BCUT2D eigenvalue weighted by Crippen LogP contribution is 2.32. The molecule has 1 saturated carbocycles. The van der Waals surface area contributed by atoms with Gasteiger partial charge in [-0.3, -0.25) is 0 Å². The molecule has 0 saturated heterocycles. The Morgan fingerprint density at radius 2 is 2.00 bits per heavy atom. The third-order valence-electron chi connectivity index (χ3n) is 3.29. The molecule has 20 heavy (non-hydrogen) atoms. The molecule has 0 spiro atoms. The minimum absolute atomic E-state index is 0.157. The van der Waals surface area contributed by atoms with Gasteiger partial charge >= 0.3 is 6.18 Å². The predicted octanol–water partition coefficient (Wildman–Crippen LogP) is 3.52. The van der Waals surface area contributed by atoms with E-state index in [-0.39, 0.29) is 12.1 Å². The summed E-state index contributed by atoms with van der Waals surface area (Å²) in [6.45, 7) is 0.157. The summed E-state index contributed by atoms with van der Waals surface area (Å²) < 4.78 is 40.6. The van der Waals surface area contributed by atoms with Crippen molar-refractivity contribution in [3.63, 3.8) is 0 Å². The molecule has 1 aliphatic rings. The minimum atomic E-state index is -4.33. The van der Waals surface area contributed by atoms with Crippen LogP contribution in [0.5, 0.6) is 0 Å². The first-order valence-electron chi connectivity index (χ1n) is 6.47. The van der Waals surface area contributed by atoms with Gasteiger partial charge in [-0.25, -0.2) is 4.98 Å². The number of hydrogen-bond donors (Lipinski definition) is 1. The van der Waals surface area contributed by atoms with Crippen LogP contribution in [0.25, 0.3) is 0 Å². The monoisotopic (exact) mass is 281 g/mol. The van der Waals surface area contributed by atoms with Gasteiger partial charge in [0.25, 0.3) is 0 Å². The Morgan fingerprint density at radius 3 is 2.70 bits per heavy atom. The molecule has 0 atom stereocenters. The summed E-state index contributed by atoms with van der Waals surface area (Å²) in [5.41, 5.74) is -0.345. The van der Waals surface area contributed by atoms with E-state index in [0.717, 1.165) is 18.9 Å². The third-order valence-corrected chi connectivity index (χ3v) is 3.29. The Balaban J connectivity index is 1.86. The highest BCUT2D eigenvalue weighted by molar-refractivity contribution is 5.34. The molecular weight excluding hydrogens is 267 g/mol. The molecule has 3 rings (SSSR count). The van der Waals surface area contributed by atoms with E-state index in [1.807, 2.05) is 0 Å². The molecule has 1 aliphatic carbocycles. The Labute approximate surface area is 114 Å². The van der Waals surface area contributed by atoms with Crippen LogP contribution < -0.4 is 5.32 Å². The average molecular weight is 281 g/mol. The van der Waals surface area contributed by atoms with Crippen LogP contribution in [0.3, 0.4) is 0 Å². The summed E-state index contributed by atoms with van der Waals surface area (Å²) in [5, 5.41) is 3.21. The number of hydrogen-bond acceptors (Lipinski definition) is 2. The van der Waals surface area contributed by atoms with Crippen molar-refractivity contribution in [2.24, 2.45) is 0 Å². The lowest BCUT2D eigenvalue weighted by Gasteiger charge is -2.14. The van der Waals surface area contributed by atoms with E-state index in [9.17, 15) is 13.2 Å². The first kappa shape index (κ1) is 13.0. The molecule has 0 unspecified atom stereocenters. The molecule has 1 aromatic carbocycles. The van der Waals surface area contributed by atoms with Gasteiger partial charge in [0.15, 0.2) is 0 Å². The van der Waals surface area contributed by atoms with Crippen LogP contribution in [-0.4, -0.2) is 15.6 Å². The van der Waals surface area contributed by atoms with Gasteiger partial charge in [-0.05, 0) is 24.5 Å². The standard InChI is InChI=1S/C14H14F3N3/c15-14(16,17)12-4-2-1-3-10(12)9-20-8-7-18-13(20)19-11-5-6-11/h1-4,7-8,11H,5-6,9H2,(H,18,19). The maximum atomic E-state index is 13.0. The molecule has 1 aromatic heterocycles. The van der Waals surface area contributed by atoms with Crippen molar-refractivity contribution in [3.05, 3.63) is 47.8 Å². The summed E-state index contributed by atoms with van der Waals surface area (Å²) >= 11 is 0. The molecule has 6 heteroatoms. The number of nitrogens with one attached hydrogen (secondary N) is 1. The number of anilines is 1. The van der Waals surface area contributed by atoms with Crippen molar-refractivity contribution in [2.45, 2.75) is 31.6 Å². The fourth-order valence-corrected chi connectivity index (χ4v) is 2.11. The SMILES string of the molecule is FC(F)(F)c1ccccc1Cn1ccnc1NC1CC1. The summed E-state index contributed by atoms with van der Waals surface area (Å²) in [7, 11) is 0. The van der Waals surface area contributed by atoms with Crippen LogP contribution in [0.2, 0.25) is 0 Å². The molecule has 106 valence electrons. The number of nitrogens with zero attached hydrogens (tertiary/aromatic N) is 2. The van der Waals surface area contributed by atoms with Crippen LogP contribution in [0, 0.1) is 0 Å². The van der Waals surface area contributed by atoms with Gasteiger partial charge in [-0.1, -0.05) is 18.2 Å². The Bertz CT molecular complexity index is 600. The largest absolute Gasteiger partial charge is 0.416 e. The van der Waals surface area contributed by atoms with Crippen LogP contribution in [0.15, 0.2) is 36.7 Å². The van der Waals surface area contributed by atoms with E-state index < -0.39 is 11.7 Å². The van der Waals surface area contributed by atoms with Crippen LogP contribution in [0.1, 0.15) is 24.0 Å². The third kappa shape index (κ3) is 2.79. The van der Waals surface area contributed by atoms with Crippen LogP contribution in [0.4, 0.5) is 19.1 Å². The summed E-state index contributed by atoms with van der Waals surface area (Å²) in [6, 6.07) is 6.05. The highest BCUT2D eigenvalue weighted by Gasteiger charge is 2.33. The molecule has 0 bridgehead atoms. The van der Waals surface area contributed by atoms with Crippen molar-refractivity contribution >= 4 is 5.95 Å². The van der Waals surface area contributed by atoms with Crippen LogP contribution in [-0.2, 0) is 12.7 Å². The van der Waals surface area contributed by atoms with Crippen molar-refractivity contribution in [1.29, 1.82) is 0 Å². The van der Waals surface area contributed by atoms with E-state index in [1.165, 1.54) is 12.1 Å². The van der Waals surface area contributed by atoms with Crippen molar-refractivity contribution < 1.29 is 13.2 Å². The second kappa shape index (κ2) is 4.85. The quantitative estimate of drug-likeness (QED) is 0.929.